The first-order chi connectivity index (χ1) is 13.4. The van der Waals surface area contributed by atoms with Gasteiger partial charge in [0.2, 0.25) is 5.91 Å². The average molecular weight is 381 g/mol. The molecule has 0 spiro atoms. The normalized spacial score (nSPS) is 10.2. The molecule has 2 aromatic carbocycles. The first kappa shape index (κ1) is 21.2. The molecule has 0 saturated carbocycles. The van der Waals surface area contributed by atoms with Gasteiger partial charge < -0.3 is 4.90 Å². The fourth-order valence-corrected chi connectivity index (χ4v) is 2.70. The van der Waals surface area contributed by atoms with E-state index in [1.54, 1.807) is 30.3 Å². The Kier molecular flexibility index (Phi) is 7.75. The molecule has 0 unspecified atom stereocenters. The highest BCUT2D eigenvalue weighted by Crippen LogP contribution is 2.13. The van der Waals surface area contributed by atoms with E-state index in [9.17, 15) is 14.4 Å². The van der Waals surface area contributed by atoms with Gasteiger partial charge in [0, 0.05) is 43.8 Å². The first-order valence-electron chi connectivity index (χ1n) is 9.39. The Labute approximate surface area is 165 Å². The number of hydrogen-bond donors (Lipinski definition) is 2. The number of ketones is 1. The van der Waals surface area contributed by atoms with Crippen LogP contribution in [0.3, 0.4) is 0 Å². The van der Waals surface area contributed by atoms with Crippen molar-refractivity contribution in [3.05, 3.63) is 65.2 Å². The maximum absolute atomic E-state index is 12.2. The Hall–Kier alpha value is -3.15. The van der Waals surface area contributed by atoms with Crippen molar-refractivity contribution in [2.45, 2.75) is 32.6 Å². The van der Waals surface area contributed by atoms with E-state index in [1.165, 1.54) is 5.56 Å². The predicted molar refractivity (Wildman–Crippen MR) is 110 cm³/mol. The molecular formula is C22H27N3O3. The Bertz CT molecular complexity index is 829. The molecule has 0 radical (unpaired) electrons. The largest absolute Gasteiger partial charge is 0.378 e. The molecule has 0 heterocycles. The molecule has 0 aliphatic heterocycles. The number of carbonyl (C=O) groups is 3. The van der Waals surface area contributed by atoms with Crippen molar-refractivity contribution in [1.82, 2.24) is 10.9 Å². The molecule has 148 valence electrons. The third kappa shape index (κ3) is 6.23. The van der Waals surface area contributed by atoms with E-state index in [2.05, 4.69) is 17.8 Å². The number of benzene rings is 2. The molecule has 0 saturated heterocycles. The summed E-state index contributed by atoms with van der Waals surface area (Å²) in [7, 11) is 3.76. The lowest BCUT2D eigenvalue weighted by molar-refractivity contribution is -0.121. The van der Waals surface area contributed by atoms with Crippen LogP contribution in [0.1, 0.15) is 52.5 Å². The summed E-state index contributed by atoms with van der Waals surface area (Å²) in [4.78, 5) is 38.2. The summed E-state index contributed by atoms with van der Waals surface area (Å²) in [6.45, 7) is 2.11. The number of hydrazine groups is 1. The van der Waals surface area contributed by atoms with Crippen molar-refractivity contribution in [3.8, 4) is 0 Å². The molecule has 0 aliphatic rings. The highest BCUT2D eigenvalue weighted by molar-refractivity contribution is 5.99. The number of nitrogens with zero attached hydrogens (tertiary/aromatic N) is 1. The minimum atomic E-state index is -0.409. The fraction of sp³-hybridized carbons (Fsp3) is 0.318. The van der Waals surface area contributed by atoms with Gasteiger partial charge in [0.05, 0.1) is 0 Å². The molecule has 0 aliphatic carbocycles. The summed E-state index contributed by atoms with van der Waals surface area (Å²) >= 11 is 0. The molecule has 0 atom stereocenters. The van der Waals surface area contributed by atoms with Gasteiger partial charge in [-0.15, -0.1) is 0 Å². The van der Waals surface area contributed by atoms with Gasteiger partial charge in [0.15, 0.2) is 5.78 Å². The van der Waals surface area contributed by atoms with Gasteiger partial charge in [-0.05, 0) is 30.2 Å². The number of anilines is 1. The standard InChI is InChI=1S/C22H27N3O3/c1-4-6-16-9-11-17(12-10-16)20(26)13-14-21(27)23-24-22(28)18-7-5-8-19(15-18)25(2)3/h5,7-12,15H,4,6,13-14H2,1-3H3,(H,23,27)(H,24,28). The number of Topliss-reactive ketones (excluding diaryl/α,β-unsaturated/α-hetero) is 1. The minimum Gasteiger partial charge on any atom is -0.378 e. The van der Waals surface area contributed by atoms with Crippen LogP contribution in [0.5, 0.6) is 0 Å². The highest BCUT2D eigenvalue weighted by Gasteiger charge is 2.11. The van der Waals surface area contributed by atoms with Gasteiger partial charge in [-0.25, -0.2) is 0 Å². The zero-order valence-electron chi connectivity index (χ0n) is 16.6. The van der Waals surface area contributed by atoms with E-state index in [0.29, 0.717) is 11.1 Å². The quantitative estimate of drug-likeness (QED) is 0.544. The summed E-state index contributed by atoms with van der Waals surface area (Å²) in [5.41, 5.74) is 7.85. The van der Waals surface area contributed by atoms with Crippen LogP contribution in [0.2, 0.25) is 0 Å². The number of nitrogens with one attached hydrogen (secondary N) is 2. The zero-order valence-corrected chi connectivity index (χ0v) is 16.6. The topological polar surface area (TPSA) is 78.5 Å². The van der Waals surface area contributed by atoms with Crippen molar-refractivity contribution >= 4 is 23.3 Å². The average Bonchev–Trinajstić information content (AvgIpc) is 2.71. The molecular weight excluding hydrogens is 354 g/mol. The number of hydrogen-bond acceptors (Lipinski definition) is 4. The smallest absolute Gasteiger partial charge is 0.269 e. The molecule has 2 amide bonds. The second-order valence-electron chi connectivity index (χ2n) is 6.82. The molecule has 0 bridgehead atoms. The van der Waals surface area contributed by atoms with E-state index in [0.717, 1.165) is 18.5 Å². The van der Waals surface area contributed by atoms with E-state index in [-0.39, 0.29) is 18.6 Å². The third-order valence-electron chi connectivity index (χ3n) is 4.33. The van der Waals surface area contributed by atoms with Crippen LogP contribution in [-0.4, -0.2) is 31.7 Å². The zero-order chi connectivity index (χ0) is 20.5. The monoisotopic (exact) mass is 381 g/mol. The third-order valence-corrected chi connectivity index (χ3v) is 4.33. The molecule has 6 nitrogen and oxygen atoms in total. The number of carbonyl (C=O) groups excluding carboxylic acids is 3. The lowest BCUT2D eigenvalue weighted by Crippen LogP contribution is -2.41. The highest BCUT2D eigenvalue weighted by atomic mass is 16.2. The van der Waals surface area contributed by atoms with Crippen molar-refractivity contribution in [2.75, 3.05) is 19.0 Å². The van der Waals surface area contributed by atoms with Crippen molar-refractivity contribution in [2.24, 2.45) is 0 Å². The molecule has 6 heteroatoms. The van der Waals surface area contributed by atoms with E-state index in [1.807, 2.05) is 37.2 Å². The van der Waals surface area contributed by atoms with E-state index in [4.69, 9.17) is 0 Å². The Morgan fingerprint density at radius 1 is 0.893 bits per heavy atom. The summed E-state index contributed by atoms with van der Waals surface area (Å²) < 4.78 is 0. The van der Waals surface area contributed by atoms with Crippen LogP contribution in [0.4, 0.5) is 5.69 Å². The first-order valence-corrected chi connectivity index (χ1v) is 9.39. The second kappa shape index (κ2) is 10.3. The Morgan fingerprint density at radius 3 is 2.25 bits per heavy atom. The summed E-state index contributed by atoms with van der Waals surface area (Å²) in [6.07, 6.45) is 2.13. The maximum Gasteiger partial charge on any atom is 0.269 e. The molecule has 2 rings (SSSR count). The van der Waals surface area contributed by atoms with E-state index < -0.39 is 11.8 Å². The van der Waals surface area contributed by atoms with Crippen molar-refractivity contribution in [3.63, 3.8) is 0 Å². The summed E-state index contributed by atoms with van der Waals surface area (Å²) in [6, 6.07) is 14.5. The lowest BCUT2D eigenvalue weighted by atomic mass is 10.0. The van der Waals surface area contributed by atoms with Crippen LogP contribution in [-0.2, 0) is 11.2 Å². The van der Waals surface area contributed by atoms with Gasteiger partial charge in [0.1, 0.15) is 0 Å². The van der Waals surface area contributed by atoms with Gasteiger partial charge in [-0.2, -0.15) is 0 Å². The molecule has 0 aromatic heterocycles. The Morgan fingerprint density at radius 2 is 1.61 bits per heavy atom. The molecule has 28 heavy (non-hydrogen) atoms. The maximum atomic E-state index is 12.2. The van der Waals surface area contributed by atoms with Crippen molar-refractivity contribution < 1.29 is 14.4 Å². The lowest BCUT2D eigenvalue weighted by Gasteiger charge is -2.13. The number of amides is 2. The SMILES string of the molecule is CCCc1ccc(C(=O)CCC(=O)NNC(=O)c2cccc(N(C)C)c2)cc1. The minimum absolute atomic E-state index is 0.00750. The molecule has 0 fully saturated rings. The Balaban J connectivity index is 1.79. The van der Waals surface area contributed by atoms with Gasteiger partial charge in [-0.3, -0.25) is 25.2 Å². The molecule has 2 N–H and O–H groups in total. The van der Waals surface area contributed by atoms with Gasteiger partial charge in [-0.1, -0.05) is 43.7 Å². The van der Waals surface area contributed by atoms with Crippen LogP contribution >= 0.6 is 0 Å². The number of rotatable bonds is 8. The fourth-order valence-electron chi connectivity index (χ4n) is 2.70. The van der Waals surface area contributed by atoms with Gasteiger partial charge >= 0.3 is 0 Å². The predicted octanol–water partition coefficient (Wildman–Crippen LogP) is 3.13. The second-order valence-corrected chi connectivity index (χ2v) is 6.82. The molecule has 2 aromatic rings. The van der Waals surface area contributed by atoms with Crippen molar-refractivity contribution in [1.29, 1.82) is 0 Å². The van der Waals surface area contributed by atoms with E-state index >= 15 is 0 Å². The number of aryl methyl sites for hydroxylation is 1. The summed E-state index contributed by atoms with van der Waals surface area (Å²) in [5.74, 6) is -0.911. The van der Waals surface area contributed by atoms with Crippen LogP contribution < -0.4 is 15.8 Å². The van der Waals surface area contributed by atoms with Crippen LogP contribution in [0, 0.1) is 0 Å². The van der Waals surface area contributed by atoms with Gasteiger partial charge in [0.25, 0.3) is 5.91 Å². The van der Waals surface area contributed by atoms with Crippen LogP contribution in [0.25, 0.3) is 0 Å². The van der Waals surface area contributed by atoms with Crippen LogP contribution in [0.15, 0.2) is 48.5 Å². The summed E-state index contributed by atoms with van der Waals surface area (Å²) in [5, 5.41) is 0.